The van der Waals surface area contributed by atoms with Crippen molar-refractivity contribution >= 4 is 38.9 Å². The molecular weight excluding hydrogens is 360 g/mol. The maximum absolute atomic E-state index is 13.7. The van der Waals surface area contributed by atoms with Gasteiger partial charge in [-0.05, 0) is 59.3 Å². The Kier molecular flexibility index (Phi) is 4.08. The lowest BCUT2D eigenvalue weighted by atomic mass is 9.99. The molecule has 1 aromatic carbocycles. The summed E-state index contributed by atoms with van der Waals surface area (Å²) in [5.74, 6) is -1.85. The molecule has 1 N–H and O–H groups in total. The van der Waals surface area contributed by atoms with Gasteiger partial charge in [0.25, 0.3) is 5.91 Å². The summed E-state index contributed by atoms with van der Waals surface area (Å²) >= 11 is 4.52. The fourth-order valence-corrected chi connectivity index (χ4v) is 4.10. The van der Waals surface area contributed by atoms with Crippen LogP contribution in [0.15, 0.2) is 22.7 Å². The molecule has 2 aromatic rings. The zero-order valence-corrected chi connectivity index (χ0v) is 13.4. The molecule has 0 radical (unpaired) electrons. The van der Waals surface area contributed by atoms with Crippen molar-refractivity contribution in [2.24, 2.45) is 0 Å². The van der Waals surface area contributed by atoms with E-state index in [4.69, 9.17) is 0 Å². The molecule has 0 fully saturated rings. The molecule has 2 nitrogen and oxygen atoms in total. The van der Waals surface area contributed by atoms with E-state index >= 15 is 0 Å². The van der Waals surface area contributed by atoms with Crippen molar-refractivity contribution in [3.05, 3.63) is 49.6 Å². The van der Waals surface area contributed by atoms with E-state index in [9.17, 15) is 13.6 Å². The largest absolute Gasteiger partial charge is 0.318 e. The molecule has 0 saturated heterocycles. The number of carbonyl (C=O) groups excluding carboxylic acids is 1. The Morgan fingerprint density at radius 1 is 1.19 bits per heavy atom. The summed E-state index contributed by atoms with van der Waals surface area (Å²) < 4.78 is 27.0. The number of benzene rings is 1. The van der Waals surface area contributed by atoms with Gasteiger partial charge >= 0.3 is 0 Å². The number of hydrogen-bond donors (Lipinski definition) is 1. The first kappa shape index (κ1) is 14.7. The number of halogens is 3. The van der Waals surface area contributed by atoms with E-state index < -0.39 is 11.6 Å². The number of carbonyl (C=O) groups is 1. The fourth-order valence-electron chi connectivity index (χ4n) is 2.44. The van der Waals surface area contributed by atoms with Crippen LogP contribution in [0.25, 0.3) is 0 Å². The highest BCUT2D eigenvalue weighted by Gasteiger charge is 2.19. The lowest BCUT2D eigenvalue weighted by Gasteiger charge is -2.08. The normalized spacial score (nSPS) is 13.9. The first-order chi connectivity index (χ1) is 10.0. The molecular formula is C15H12BrF2NOS. The highest BCUT2D eigenvalue weighted by molar-refractivity contribution is 9.10. The smallest absolute Gasteiger partial charge is 0.265 e. The third-order valence-electron chi connectivity index (χ3n) is 3.47. The van der Waals surface area contributed by atoms with Crippen molar-refractivity contribution in [2.75, 3.05) is 5.32 Å². The van der Waals surface area contributed by atoms with E-state index in [2.05, 4.69) is 21.2 Å². The van der Waals surface area contributed by atoms with Crippen molar-refractivity contribution in [2.45, 2.75) is 25.7 Å². The van der Waals surface area contributed by atoms with Crippen LogP contribution < -0.4 is 5.32 Å². The van der Waals surface area contributed by atoms with Crippen molar-refractivity contribution in [3.8, 4) is 0 Å². The van der Waals surface area contributed by atoms with Crippen molar-refractivity contribution in [3.63, 3.8) is 0 Å². The molecule has 1 aliphatic carbocycles. The summed E-state index contributed by atoms with van der Waals surface area (Å²) in [6.45, 7) is 0. The average Bonchev–Trinajstić information content (AvgIpc) is 2.86. The molecule has 0 unspecified atom stereocenters. The number of hydrogen-bond acceptors (Lipinski definition) is 2. The monoisotopic (exact) mass is 371 g/mol. The molecule has 3 rings (SSSR count). The molecule has 6 heteroatoms. The first-order valence-electron chi connectivity index (χ1n) is 6.62. The lowest BCUT2D eigenvalue weighted by molar-refractivity contribution is 0.103. The van der Waals surface area contributed by atoms with Gasteiger partial charge in [0.1, 0.15) is 5.82 Å². The van der Waals surface area contributed by atoms with Crippen LogP contribution in [0.1, 0.15) is 33.0 Å². The van der Waals surface area contributed by atoms with Gasteiger partial charge in [-0.3, -0.25) is 4.79 Å². The molecule has 1 heterocycles. The minimum Gasteiger partial charge on any atom is -0.318 e. The van der Waals surface area contributed by atoms with Gasteiger partial charge in [-0.25, -0.2) is 8.78 Å². The highest BCUT2D eigenvalue weighted by atomic mass is 79.9. The van der Waals surface area contributed by atoms with E-state index in [-0.39, 0.29) is 16.1 Å². The second-order valence-electron chi connectivity index (χ2n) is 4.96. The topological polar surface area (TPSA) is 29.1 Å². The second-order valence-corrected chi connectivity index (χ2v) is 6.96. The molecule has 1 aromatic heterocycles. The Hall–Kier alpha value is -1.27. The number of aryl methyl sites for hydroxylation is 2. The number of nitrogens with one attached hydrogen (secondary N) is 1. The summed E-state index contributed by atoms with van der Waals surface area (Å²) in [7, 11) is 0. The quantitative estimate of drug-likeness (QED) is 0.797. The molecule has 1 aliphatic rings. The highest BCUT2D eigenvalue weighted by Crippen LogP contribution is 2.31. The number of amides is 1. The third kappa shape index (κ3) is 3.01. The average molecular weight is 372 g/mol. The van der Waals surface area contributed by atoms with Crippen LogP contribution in [0.5, 0.6) is 0 Å². The Morgan fingerprint density at radius 2 is 1.95 bits per heavy atom. The zero-order valence-electron chi connectivity index (χ0n) is 11.0. The molecule has 0 saturated carbocycles. The van der Waals surface area contributed by atoms with Gasteiger partial charge in [0, 0.05) is 15.4 Å². The van der Waals surface area contributed by atoms with E-state index in [0.29, 0.717) is 4.88 Å². The van der Waals surface area contributed by atoms with Crippen LogP contribution in [0, 0.1) is 11.6 Å². The SMILES string of the molecule is O=C(Nc1c(F)cc(F)cc1Br)c1cc2c(s1)CCCC2. The van der Waals surface area contributed by atoms with Crippen LogP contribution >= 0.6 is 27.3 Å². The summed E-state index contributed by atoms with van der Waals surface area (Å²) in [6, 6.07) is 3.75. The number of thiophene rings is 1. The molecule has 0 atom stereocenters. The minimum atomic E-state index is -0.795. The Bertz CT molecular complexity index is 667. The van der Waals surface area contributed by atoms with Gasteiger partial charge in [0.05, 0.1) is 10.6 Å². The zero-order chi connectivity index (χ0) is 15.0. The van der Waals surface area contributed by atoms with E-state index in [1.165, 1.54) is 21.8 Å². The Labute approximate surface area is 133 Å². The van der Waals surface area contributed by atoms with Gasteiger partial charge in [0.15, 0.2) is 5.82 Å². The first-order valence-corrected chi connectivity index (χ1v) is 8.23. The molecule has 0 bridgehead atoms. The predicted molar refractivity (Wildman–Crippen MR) is 83.0 cm³/mol. The molecule has 1 amide bonds. The fraction of sp³-hybridized carbons (Fsp3) is 0.267. The van der Waals surface area contributed by atoms with Crippen LogP contribution in [-0.2, 0) is 12.8 Å². The maximum Gasteiger partial charge on any atom is 0.265 e. The van der Waals surface area contributed by atoms with Gasteiger partial charge < -0.3 is 5.32 Å². The van der Waals surface area contributed by atoms with Gasteiger partial charge in [0.2, 0.25) is 0 Å². The summed E-state index contributed by atoms with van der Waals surface area (Å²) in [6.07, 6.45) is 4.28. The summed E-state index contributed by atoms with van der Waals surface area (Å²) in [5, 5.41) is 2.51. The van der Waals surface area contributed by atoms with E-state index in [1.54, 1.807) is 0 Å². The van der Waals surface area contributed by atoms with Crippen LogP contribution in [0.2, 0.25) is 0 Å². The summed E-state index contributed by atoms with van der Waals surface area (Å²) in [5.41, 5.74) is 1.18. The standard InChI is InChI=1S/C15H12BrF2NOS/c16-10-6-9(17)7-11(18)14(10)19-15(20)13-5-8-3-1-2-4-12(8)21-13/h5-7H,1-4H2,(H,19,20). The van der Waals surface area contributed by atoms with Crippen molar-refractivity contribution in [1.82, 2.24) is 0 Å². The summed E-state index contributed by atoms with van der Waals surface area (Å²) in [4.78, 5) is 14.0. The van der Waals surface area contributed by atoms with Crippen molar-refractivity contribution < 1.29 is 13.6 Å². The van der Waals surface area contributed by atoms with Gasteiger partial charge in [-0.2, -0.15) is 0 Å². The number of anilines is 1. The lowest BCUT2D eigenvalue weighted by Crippen LogP contribution is -2.12. The van der Waals surface area contributed by atoms with Crippen LogP contribution in [0.3, 0.4) is 0 Å². The van der Waals surface area contributed by atoms with Gasteiger partial charge in [-0.1, -0.05) is 0 Å². The molecule has 21 heavy (non-hydrogen) atoms. The van der Waals surface area contributed by atoms with E-state index in [1.807, 2.05) is 6.07 Å². The minimum absolute atomic E-state index is 0.0345. The van der Waals surface area contributed by atoms with Crippen molar-refractivity contribution in [1.29, 1.82) is 0 Å². The Morgan fingerprint density at radius 3 is 2.67 bits per heavy atom. The Balaban J connectivity index is 1.85. The predicted octanol–water partition coefficient (Wildman–Crippen LogP) is 4.92. The molecule has 0 aliphatic heterocycles. The van der Waals surface area contributed by atoms with Crippen LogP contribution in [0.4, 0.5) is 14.5 Å². The van der Waals surface area contributed by atoms with Gasteiger partial charge in [-0.15, -0.1) is 11.3 Å². The third-order valence-corrected chi connectivity index (χ3v) is 5.33. The molecule has 110 valence electrons. The maximum atomic E-state index is 13.7. The molecule has 0 spiro atoms. The number of rotatable bonds is 2. The number of fused-ring (bicyclic) bond motifs is 1. The van der Waals surface area contributed by atoms with E-state index in [0.717, 1.165) is 37.8 Å². The van der Waals surface area contributed by atoms with Crippen LogP contribution in [-0.4, -0.2) is 5.91 Å². The second kappa shape index (κ2) is 5.85.